The van der Waals surface area contributed by atoms with Gasteiger partial charge in [0.05, 0.1) is 35.0 Å². The van der Waals surface area contributed by atoms with E-state index in [0.29, 0.717) is 37.1 Å². The Morgan fingerprint density at radius 3 is 2.52 bits per heavy atom. The van der Waals surface area contributed by atoms with Crippen LogP contribution in [0.5, 0.6) is 5.75 Å². The minimum Gasteiger partial charge on any atom is -0.496 e. The van der Waals surface area contributed by atoms with E-state index in [2.05, 4.69) is 4.99 Å². The molecule has 206 valence electrons. The molecule has 0 unspecified atom stereocenters. The van der Waals surface area contributed by atoms with Crippen LogP contribution < -0.4 is 19.6 Å². The van der Waals surface area contributed by atoms with Crippen LogP contribution in [0.15, 0.2) is 63.5 Å². The highest BCUT2D eigenvalue weighted by Crippen LogP contribution is 2.37. The van der Waals surface area contributed by atoms with Gasteiger partial charge >= 0.3 is 5.97 Å². The average molecular weight is 600 g/mol. The maximum atomic E-state index is 14.0. The number of hydrogen-bond acceptors (Lipinski definition) is 6. The van der Waals surface area contributed by atoms with Gasteiger partial charge in [0, 0.05) is 27.7 Å². The predicted octanol–water partition coefficient (Wildman–Crippen LogP) is 5.27. The molecule has 1 aliphatic heterocycles. The standard InChI is InChI=1S/C29H24Cl2FN3O4S/c1-14-10-17(16(3)34(14)19-7-8-22(32)21(31)13-19)11-24-27(36)35-26(20-12-18(30)6-9-23(20)38-4)25(28(37)39-5)15(2)33-29(35)40-24/h6-13,26H,1-5H3/b24-11-/t26-/m0/s1. The van der Waals surface area contributed by atoms with Gasteiger partial charge in [0.15, 0.2) is 4.80 Å². The van der Waals surface area contributed by atoms with E-state index in [9.17, 15) is 14.0 Å². The summed E-state index contributed by atoms with van der Waals surface area (Å²) >= 11 is 13.6. The van der Waals surface area contributed by atoms with Gasteiger partial charge < -0.3 is 14.0 Å². The number of ether oxygens (including phenoxy) is 2. The first kappa shape index (κ1) is 27.9. The predicted molar refractivity (Wildman–Crippen MR) is 154 cm³/mol. The number of hydrogen-bond donors (Lipinski definition) is 0. The van der Waals surface area contributed by atoms with E-state index in [4.69, 9.17) is 32.7 Å². The monoisotopic (exact) mass is 599 g/mol. The Morgan fingerprint density at radius 2 is 1.85 bits per heavy atom. The molecule has 0 amide bonds. The number of esters is 1. The van der Waals surface area contributed by atoms with E-state index in [-0.39, 0.29) is 16.2 Å². The lowest BCUT2D eigenvalue weighted by Crippen LogP contribution is -2.40. The van der Waals surface area contributed by atoms with Gasteiger partial charge in [-0.15, -0.1) is 0 Å². The van der Waals surface area contributed by atoms with Crippen LogP contribution in [0.4, 0.5) is 4.39 Å². The molecule has 1 aliphatic rings. The van der Waals surface area contributed by atoms with Gasteiger partial charge in [-0.25, -0.2) is 14.2 Å². The second-order valence-corrected chi connectivity index (χ2v) is 11.1. The molecule has 0 bridgehead atoms. The number of carbonyl (C=O) groups is 1. The van der Waals surface area contributed by atoms with Crippen LogP contribution in [-0.2, 0) is 9.53 Å². The number of benzene rings is 2. The van der Waals surface area contributed by atoms with Gasteiger partial charge in [-0.05, 0) is 74.9 Å². The van der Waals surface area contributed by atoms with Gasteiger partial charge in [-0.1, -0.05) is 34.5 Å². The number of thiazole rings is 1. The summed E-state index contributed by atoms with van der Waals surface area (Å²) in [6, 6.07) is 10.6. The molecule has 2 aromatic heterocycles. The molecule has 40 heavy (non-hydrogen) atoms. The number of rotatable bonds is 5. The van der Waals surface area contributed by atoms with Crippen LogP contribution in [0.3, 0.4) is 0 Å². The summed E-state index contributed by atoms with van der Waals surface area (Å²) in [6.07, 6.45) is 1.79. The molecule has 0 aliphatic carbocycles. The first-order valence-corrected chi connectivity index (χ1v) is 13.7. The van der Waals surface area contributed by atoms with Gasteiger partial charge in [-0.3, -0.25) is 9.36 Å². The van der Waals surface area contributed by atoms with Crippen molar-refractivity contribution in [1.29, 1.82) is 0 Å². The zero-order valence-corrected chi connectivity index (χ0v) is 24.5. The summed E-state index contributed by atoms with van der Waals surface area (Å²) in [5, 5.41) is 0.443. The van der Waals surface area contributed by atoms with Crippen molar-refractivity contribution in [3.05, 3.63) is 112 Å². The Bertz CT molecular complexity index is 1900. The number of aryl methyl sites for hydroxylation is 1. The minimum absolute atomic E-state index is 0.0214. The van der Waals surface area contributed by atoms with Crippen molar-refractivity contribution in [3.63, 3.8) is 0 Å². The molecule has 1 atom stereocenters. The van der Waals surface area contributed by atoms with E-state index in [1.807, 2.05) is 24.5 Å². The molecular formula is C29H24Cl2FN3O4S. The molecule has 0 saturated carbocycles. The molecule has 0 radical (unpaired) electrons. The maximum Gasteiger partial charge on any atom is 0.338 e. The zero-order valence-electron chi connectivity index (χ0n) is 22.2. The van der Waals surface area contributed by atoms with E-state index in [1.54, 1.807) is 43.3 Å². The van der Waals surface area contributed by atoms with E-state index >= 15 is 0 Å². The number of fused-ring (bicyclic) bond motifs is 1. The fourth-order valence-corrected chi connectivity index (χ4v) is 6.40. The average Bonchev–Trinajstić information content (AvgIpc) is 3.38. The Hall–Kier alpha value is -3.66. The van der Waals surface area contributed by atoms with Crippen molar-refractivity contribution in [2.75, 3.05) is 14.2 Å². The second kappa shape index (κ2) is 10.7. The van der Waals surface area contributed by atoms with Crippen molar-refractivity contribution in [2.24, 2.45) is 4.99 Å². The van der Waals surface area contributed by atoms with E-state index in [0.717, 1.165) is 17.0 Å². The van der Waals surface area contributed by atoms with Crippen molar-refractivity contribution >= 4 is 46.6 Å². The highest BCUT2D eigenvalue weighted by molar-refractivity contribution is 7.07. The largest absolute Gasteiger partial charge is 0.496 e. The Morgan fingerprint density at radius 1 is 1.10 bits per heavy atom. The molecular weight excluding hydrogens is 576 g/mol. The molecule has 3 heterocycles. The number of nitrogens with zero attached hydrogens (tertiary/aromatic N) is 3. The highest BCUT2D eigenvalue weighted by atomic mass is 35.5. The molecule has 0 N–H and O–H groups in total. The number of methoxy groups -OCH3 is 2. The van der Waals surface area contributed by atoms with Crippen LogP contribution >= 0.6 is 34.5 Å². The molecule has 0 saturated heterocycles. The van der Waals surface area contributed by atoms with Gasteiger partial charge in [-0.2, -0.15) is 0 Å². The highest BCUT2D eigenvalue weighted by Gasteiger charge is 2.35. The first-order valence-electron chi connectivity index (χ1n) is 12.1. The Balaban J connectivity index is 1.73. The quantitative estimate of drug-likeness (QED) is 0.293. The summed E-state index contributed by atoms with van der Waals surface area (Å²) in [4.78, 5) is 32.0. The maximum absolute atomic E-state index is 14.0. The lowest BCUT2D eigenvalue weighted by atomic mass is 9.95. The third-order valence-corrected chi connectivity index (χ3v) is 8.34. The van der Waals surface area contributed by atoms with Crippen LogP contribution in [0.1, 0.15) is 35.5 Å². The first-order chi connectivity index (χ1) is 19.0. The lowest BCUT2D eigenvalue weighted by molar-refractivity contribution is -0.136. The molecule has 11 heteroatoms. The molecule has 7 nitrogen and oxygen atoms in total. The fourth-order valence-electron chi connectivity index (χ4n) is 5.00. The van der Waals surface area contributed by atoms with Crippen molar-refractivity contribution in [1.82, 2.24) is 9.13 Å². The fraction of sp³-hybridized carbons (Fsp3) is 0.207. The number of carbonyl (C=O) groups excluding carboxylic acids is 1. The third kappa shape index (κ3) is 4.68. The summed E-state index contributed by atoms with van der Waals surface area (Å²) < 4.78 is 28.3. The minimum atomic E-state index is -0.867. The molecule has 2 aromatic carbocycles. The molecule has 0 spiro atoms. The molecule has 0 fully saturated rings. The SMILES string of the molecule is COC(=O)C1=C(C)N=c2s/c(=C\c3cc(C)n(-c4ccc(F)c(Cl)c4)c3C)c(=O)n2[C@H]1c1cc(Cl)ccc1OC. The summed E-state index contributed by atoms with van der Waals surface area (Å²) in [5.74, 6) is -0.646. The van der Waals surface area contributed by atoms with Crippen molar-refractivity contribution in [3.8, 4) is 11.4 Å². The van der Waals surface area contributed by atoms with E-state index < -0.39 is 17.8 Å². The summed E-state index contributed by atoms with van der Waals surface area (Å²) in [7, 11) is 2.79. The Kier molecular flexibility index (Phi) is 7.48. The topological polar surface area (TPSA) is 74.8 Å². The van der Waals surface area contributed by atoms with Gasteiger partial charge in [0.2, 0.25) is 0 Å². The van der Waals surface area contributed by atoms with Crippen molar-refractivity contribution in [2.45, 2.75) is 26.8 Å². The van der Waals surface area contributed by atoms with Crippen LogP contribution in [0, 0.1) is 19.7 Å². The van der Waals surface area contributed by atoms with Crippen molar-refractivity contribution < 1.29 is 18.7 Å². The summed E-state index contributed by atoms with van der Waals surface area (Å²) in [6.45, 7) is 5.53. The van der Waals surface area contributed by atoms with E-state index in [1.165, 1.54) is 36.2 Å². The number of aromatic nitrogens is 2. The zero-order chi connectivity index (χ0) is 28.9. The molecule has 4 aromatic rings. The molecule has 5 rings (SSSR count). The van der Waals surface area contributed by atoms with Crippen LogP contribution in [0.25, 0.3) is 11.8 Å². The van der Waals surface area contributed by atoms with Gasteiger partial charge in [0.1, 0.15) is 17.6 Å². The number of allylic oxidation sites excluding steroid dienone is 1. The Labute approximate surface area is 243 Å². The normalized spacial score (nSPS) is 15.2. The third-order valence-electron chi connectivity index (χ3n) is 6.83. The lowest BCUT2D eigenvalue weighted by Gasteiger charge is -2.25. The van der Waals surface area contributed by atoms with Crippen LogP contribution in [0.2, 0.25) is 10.0 Å². The van der Waals surface area contributed by atoms with Crippen LogP contribution in [-0.4, -0.2) is 29.3 Å². The summed E-state index contributed by atoms with van der Waals surface area (Å²) in [5.41, 5.74) is 4.06. The smallest absolute Gasteiger partial charge is 0.338 e. The number of halogens is 3. The van der Waals surface area contributed by atoms with Gasteiger partial charge in [0.25, 0.3) is 5.56 Å². The second-order valence-electron chi connectivity index (χ2n) is 9.22.